The fourth-order valence-electron chi connectivity index (χ4n) is 2.78. The Morgan fingerprint density at radius 1 is 1.35 bits per heavy atom. The van der Waals surface area contributed by atoms with Crippen molar-refractivity contribution in [2.75, 3.05) is 11.1 Å². The third kappa shape index (κ3) is 2.22. The molecule has 1 heterocycles. The molecular weight excluding hydrogens is 253 g/mol. The first-order chi connectivity index (χ1) is 9.69. The maximum absolute atomic E-state index is 14.1. The minimum atomic E-state index is -0.355. The van der Waals surface area contributed by atoms with Gasteiger partial charge in [0, 0.05) is 5.69 Å². The first-order valence-corrected chi connectivity index (χ1v) is 7.01. The van der Waals surface area contributed by atoms with Gasteiger partial charge in [-0.3, -0.25) is 0 Å². The smallest absolute Gasteiger partial charge is 0.168 e. The number of hydrogen-bond donors (Lipinski definition) is 2. The molecule has 1 aliphatic carbocycles. The highest BCUT2D eigenvalue weighted by Crippen LogP contribution is 2.31. The van der Waals surface area contributed by atoms with Crippen molar-refractivity contribution in [2.24, 2.45) is 0 Å². The molecule has 20 heavy (non-hydrogen) atoms. The second-order valence-electron chi connectivity index (χ2n) is 5.14. The third-order valence-electron chi connectivity index (χ3n) is 3.87. The Hall–Kier alpha value is -2.10. The van der Waals surface area contributed by atoms with Crippen molar-refractivity contribution < 1.29 is 4.39 Å². The van der Waals surface area contributed by atoms with Crippen molar-refractivity contribution in [2.45, 2.75) is 32.6 Å². The van der Waals surface area contributed by atoms with Crippen LogP contribution in [0.25, 0.3) is 0 Å². The largest absolute Gasteiger partial charge is 0.383 e. The summed E-state index contributed by atoms with van der Waals surface area (Å²) in [5.74, 6) is 0.246. The Bertz CT molecular complexity index is 652. The van der Waals surface area contributed by atoms with Crippen LogP contribution in [0.15, 0.2) is 24.3 Å². The number of nitrogens with one attached hydrogen (secondary N) is 1. The van der Waals surface area contributed by atoms with E-state index in [-0.39, 0.29) is 11.6 Å². The van der Waals surface area contributed by atoms with Crippen molar-refractivity contribution in [1.82, 2.24) is 4.98 Å². The van der Waals surface area contributed by atoms with Gasteiger partial charge in [0.25, 0.3) is 0 Å². The molecule has 0 saturated carbocycles. The summed E-state index contributed by atoms with van der Waals surface area (Å²) in [5, 5.41) is 3.10. The van der Waals surface area contributed by atoms with E-state index in [0.717, 1.165) is 30.5 Å². The van der Waals surface area contributed by atoms with E-state index in [1.807, 2.05) is 19.1 Å². The van der Waals surface area contributed by atoms with Crippen LogP contribution in [0.4, 0.5) is 21.7 Å². The van der Waals surface area contributed by atoms with Gasteiger partial charge >= 0.3 is 0 Å². The summed E-state index contributed by atoms with van der Waals surface area (Å²) in [6, 6.07) is 7.56. The van der Waals surface area contributed by atoms with Crippen LogP contribution >= 0.6 is 0 Å². The predicted molar refractivity (Wildman–Crippen MR) is 79.7 cm³/mol. The maximum atomic E-state index is 14.1. The molecule has 1 aliphatic rings. The standard InChI is InChI=1S/C16H18FN3/c1-2-10-9-13(17)16(20-15(10)18)19-14-8-4-6-11-5-3-7-12(11)14/h4,6,8-9H,2-3,5,7H2,1H3,(H3,18,19,20). The number of nitrogens with zero attached hydrogens (tertiary/aromatic N) is 1. The minimum absolute atomic E-state index is 0.208. The van der Waals surface area contributed by atoms with Gasteiger partial charge in [-0.1, -0.05) is 19.1 Å². The lowest BCUT2D eigenvalue weighted by Crippen LogP contribution is -2.05. The topological polar surface area (TPSA) is 50.9 Å². The summed E-state index contributed by atoms with van der Waals surface area (Å²) < 4.78 is 14.1. The lowest BCUT2D eigenvalue weighted by molar-refractivity contribution is 0.624. The molecule has 104 valence electrons. The Morgan fingerprint density at radius 2 is 2.20 bits per heavy atom. The Balaban J connectivity index is 1.96. The van der Waals surface area contributed by atoms with Gasteiger partial charge in [0.1, 0.15) is 5.82 Å². The highest BCUT2D eigenvalue weighted by Gasteiger charge is 2.16. The van der Waals surface area contributed by atoms with Crippen molar-refractivity contribution in [3.05, 3.63) is 46.8 Å². The quantitative estimate of drug-likeness (QED) is 0.896. The number of aromatic nitrogens is 1. The summed E-state index contributed by atoms with van der Waals surface area (Å²) >= 11 is 0. The monoisotopic (exact) mass is 271 g/mol. The molecule has 0 amide bonds. The number of nitrogens with two attached hydrogens (primary N) is 1. The van der Waals surface area contributed by atoms with E-state index in [0.29, 0.717) is 12.2 Å². The second kappa shape index (κ2) is 5.12. The molecule has 1 aromatic heterocycles. The van der Waals surface area contributed by atoms with E-state index in [4.69, 9.17) is 5.73 Å². The van der Waals surface area contributed by atoms with Crippen LogP contribution < -0.4 is 11.1 Å². The summed E-state index contributed by atoms with van der Waals surface area (Å²) in [4.78, 5) is 4.16. The Morgan fingerprint density at radius 3 is 3.00 bits per heavy atom. The lowest BCUT2D eigenvalue weighted by Gasteiger charge is -2.13. The summed E-state index contributed by atoms with van der Waals surface area (Å²) in [6.07, 6.45) is 3.96. The Kier molecular flexibility index (Phi) is 3.30. The predicted octanol–water partition coefficient (Wildman–Crippen LogP) is 3.60. The van der Waals surface area contributed by atoms with Crippen LogP contribution in [0.3, 0.4) is 0 Å². The first kappa shape index (κ1) is 12.9. The zero-order valence-electron chi connectivity index (χ0n) is 11.5. The fourth-order valence-corrected chi connectivity index (χ4v) is 2.78. The van der Waals surface area contributed by atoms with Crippen molar-refractivity contribution in [3.8, 4) is 0 Å². The molecule has 0 saturated heterocycles. The van der Waals surface area contributed by atoms with Crippen LogP contribution in [0.5, 0.6) is 0 Å². The molecular formula is C16H18FN3. The van der Waals surface area contributed by atoms with Crippen LogP contribution in [0, 0.1) is 5.82 Å². The summed E-state index contributed by atoms with van der Waals surface area (Å²) in [7, 11) is 0. The van der Waals surface area contributed by atoms with Crippen molar-refractivity contribution >= 4 is 17.3 Å². The molecule has 0 atom stereocenters. The number of pyridine rings is 1. The summed E-state index contributed by atoms with van der Waals surface area (Å²) in [5.41, 5.74) is 10.1. The van der Waals surface area contributed by atoms with Gasteiger partial charge in [0.05, 0.1) is 0 Å². The Labute approximate surface area is 118 Å². The molecule has 3 nitrogen and oxygen atoms in total. The average Bonchev–Trinajstić information content (AvgIpc) is 2.92. The van der Waals surface area contributed by atoms with E-state index in [1.165, 1.54) is 17.2 Å². The van der Waals surface area contributed by atoms with Crippen LogP contribution in [-0.4, -0.2) is 4.98 Å². The van der Waals surface area contributed by atoms with Gasteiger partial charge in [0.2, 0.25) is 0 Å². The minimum Gasteiger partial charge on any atom is -0.383 e. The highest BCUT2D eigenvalue weighted by atomic mass is 19.1. The molecule has 0 aliphatic heterocycles. The van der Waals surface area contributed by atoms with Gasteiger partial charge in [0.15, 0.2) is 11.6 Å². The number of nitrogen functional groups attached to an aromatic ring is 1. The van der Waals surface area contributed by atoms with Crippen molar-refractivity contribution in [3.63, 3.8) is 0 Å². The average molecular weight is 271 g/mol. The van der Waals surface area contributed by atoms with E-state index in [2.05, 4.69) is 16.4 Å². The highest BCUT2D eigenvalue weighted by molar-refractivity contribution is 5.65. The molecule has 4 heteroatoms. The van der Waals surface area contributed by atoms with Crippen LogP contribution in [-0.2, 0) is 19.3 Å². The van der Waals surface area contributed by atoms with Gasteiger partial charge in [-0.2, -0.15) is 0 Å². The first-order valence-electron chi connectivity index (χ1n) is 7.01. The molecule has 3 N–H and O–H groups in total. The molecule has 0 fully saturated rings. The molecule has 0 spiro atoms. The molecule has 3 rings (SSSR count). The van der Waals surface area contributed by atoms with E-state index in [9.17, 15) is 4.39 Å². The molecule has 1 aromatic carbocycles. The second-order valence-corrected chi connectivity index (χ2v) is 5.14. The lowest BCUT2D eigenvalue weighted by atomic mass is 10.1. The SMILES string of the molecule is CCc1cc(F)c(Nc2cccc3c2CCC3)nc1N. The maximum Gasteiger partial charge on any atom is 0.168 e. The fraction of sp³-hybridized carbons (Fsp3) is 0.312. The summed E-state index contributed by atoms with van der Waals surface area (Å²) in [6.45, 7) is 1.93. The number of halogens is 1. The van der Waals surface area contributed by atoms with Gasteiger partial charge in [-0.25, -0.2) is 9.37 Å². The zero-order chi connectivity index (χ0) is 14.1. The van der Waals surface area contributed by atoms with Crippen molar-refractivity contribution in [1.29, 1.82) is 0 Å². The molecule has 0 bridgehead atoms. The number of anilines is 3. The number of hydrogen-bond acceptors (Lipinski definition) is 3. The van der Waals surface area contributed by atoms with Crippen LogP contribution in [0.1, 0.15) is 30.0 Å². The normalized spacial score (nSPS) is 13.3. The number of aryl methyl sites for hydroxylation is 2. The number of rotatable bonds is 3. The number of fused-ring (bicyclic) bond motifs is 1. The van der Waals surface area contributed by atoms with Gasteiger partial charge < -0.3 is 11.1 Å². The molecule has 0 radical (unpaired) electrons. The van der Waals surface area contributed by atoms with E-state index in [1.54, 1.807) is 0 Å². The van der Waals surface area contributed by atoms with Gasteiger partial charge in [-0.05, 0) is 54.5 Å². The van der Waals surface area contributed by atoms with Gasteiger partial charge in [-0.15, -0.1) is 0 Å². The zero-order valence-corrected chi connectivity index (χ0v) is 11.5. The molecule has 2 aromatic rings. The third-order valence-corrected chi connectivity index (χ3v) is 3.87. The molecule has 0 unspecified atom stereocenters. The van der Waals surface area contributed by atoms with E-state index < -0.39 is 0 Å². The van der Waals surface area contributed by atoms with Crippen LogP contribution in [0.2, 0.25) is 0 Å². The van der Waals surface area contributed by atoms with E-state index >= 15 is 0 Å². The number of benzene rings is 1.